The Morgan fingerprint density at radius 2 is 2.00 bits per heavy atom. The molecule has 17 heavy (non-hydrogen) atoms. The van der Waals surface area contributed by atoms with Crippen LogP contribution in [0.2, 0.25) is 0 Å². The van der Waals surface area contributed by atoms with Crippen LogP contribution in [0.25, 0.3) is 5.69 Å². The normalized spacial score (nSPS) is 13.0. The number of hydrogen-bond donors (Lipinski definition) is 1. The minimum absolute atomic E-state index is 0.0861. The van der Waals surface area contributed by atoms with Gasteiger partial charge in [-0.05, 0) is 30.5 Å². The van der Waals surface area contributed by atoms with Crippen molar-refractivity contribution < 1.29 is 0 Å². The van der Waals surface area contributed by atoms with Crippen molar-refractivity contribution in [1.29, 1.82) is 0 Å². The molecule has 2 rings (SSSR count). The molecule has 0 saturated carbocycles. The first kappa shape index (κ1) is 11.8. The van der Waals surface area contributed by atoms with Crippen molar-refractivity contribution in [3.8, 4) is 5.69 Å². The molecule has 90 valence electrons. The van der Waals surface area contributed by atoms with Crippen molar-refractivity contribution >= 4 is 0 Å². The zero-order chi connectivity index (χ0) is 12.4. The molecule has 1 aromatic heterocycles. The van der Waals surface area contributed by atoms with E-state index in [-0.39, 0.29) is 6.04 Å². The van der Waals surface area contributed by atoms with Gasteiger partial charge in [0.25, 0.3) is 0 Å². The average Bonchev–Trinajstić information content (AvgIpc) is 2.78. The summed E-state index contributed by atoms with van der Waals surface area (Å²) in [7, 11) is 0. The zero-order valence-electron chi connectivity index (χ0n) is 10.5. The van der Waals surface area contributed by atoms with Gasteiger partial charge in [-0.15, -0.1) is 5.10 Å². The fourth-order valence-corrected chi connectivity index (χ4v) is 1.64. The van der Waals surface area contributed by atoms with E-state index in [9.17, 15) is 0 Å². The highest BCUT2D eigenvalue weighted by atomic mass is 15.4. The molecule has 4 nitrogen and oxygen atoms in total. The maximum Gasteiger partial charge on any atom is 0.0995 e. The molecule has 4 heteroatoms. The second-order valence-electron chi connectivity index (χ2n) is 4.63. The summed E-state index contributed by atoms with van der Waals surface area (Å²) in [6.07, 6.45) is 1.88. The lowest BCUT2D eigenvalue weighted by Crippen LogP contribution is -2.04. The molecular weight excluding hydrogens is 212 g/mol. The highest BCUT2D eigenvalue weighted by Crippen LogP contribution is 2.18. The standard InChI is InChI=1S/C13H18N4/c1-9(2)11-5-4-6-12(7-11)17-8-13(10(3)14)15-16-17/h4-10H,14H2,1-3H3. The number of benzene rings is 1. The third kappa shape index (κ3) is 2.53. The lowest BCUT2D eigenvalue weighted by molar-refractivity contribution is 0.755. The Kier molecular flexibility index (Phi) is 3.24. The molecule has 1 heterocycles. The Hall–Kier alpha value is -1.68. The van der Waals surface area contributed by atoms with E-state index < -0.39 is 0 Å². The van der Waals surface area contributed by atoms with Gasteiger partial charge in [0.15, 0.2) is 0 Å². The van der Waals surface area contributed by atoms with Gasteiger partial charge >= 0.3 is 0 Å². The molecule has 0 aliphatic carbocycles. The van der Waals surface area contributed by atoms with Crippen LogP contribution < -0.4 is 5.73 Å². The van der Waals surface area contributed by atoms with Crippen LogP contribution in [0.4, 0.5) is 0 Å². The largest absolute Gasteiger partial charge is 0.323 e. The van der Waals surface area contributed by atoms with Gasteiger partial charge in [-0.2, -0.15) is 0 Å². The van der Waals surface area contributed by atoms with Gasteiger partial charge in [-0.25, -0.2) is 4.68 Å². The molecule has 1 atom stereocenters. The number of nitrogens with two attached hydrogens (primary N) is 1. The molecule has 0 fully saturated rings. The summed E-state index contributed by atoms with van der Waals surface area (Å²) in [5, 5.41) is 8.15. The van der Waals surface area contributed by atoms with E-state index in [2.05, 4.69) is 36.3 Å². The fourth-order valence-electron chi connectivity index (χ4n) is 1.64. The predicted molar refractivity (Wildman–Crippen MR) is 68.1 cm³/mol. The smallest absolute Gasteiger partial charge is 0.0995 e. The summed E-state index contributed by atoms with van der Waals surface area (Å²) in [5.74, 6) is 0.506. The van der Waals surface area contributed by atoms with E-state index in [0.717, 1.165) is 11.4 Å². The zero-order valence-corrected chi connectivity index (χ0v) is 10.5. The van der Waals surface area contributed by atoms with E-state index in [1.807, 2.05) is 25.3 Å². The summed E-state index contributed by atoms with van der Waals surface area (Å²) < 4.78 is 1.77. The highest BCUT2D eigenvalue weighted by Gasteiger charge is 2.07. The molecule has 0 saturated heterocycles. The topological polar surface area (TPSA) is 56.7 Å². The molecule has 2 N–H and O–H groups in total. The summed E-state index contributed by atoms with van der Waals surface area (Å²) in [6.45, 7) is 6.25. The Bertz CT molecular complexity index is 500. The number of hydrogen-bond acceptors (Lipinski definition) is 3. The molecule has 1 unspecified atom stereocenters. The minimum atomic E-state index is -0.0861. The van der Waals surface area contributed by atoms with Gasteiger partial charge in [0, 0.05) is 6.04 Å². The Labute approximate surface area is 101 Å². The Morgan fingerprint density at radius 1 is 1.24 bits per heavy atom. The Balaban J connectivity index is 2.35. The van der Waals surface area contributed by atoms with Crippen molar-refractivity contribution in [3.63, 3.8) is 0 Å². The van der Waals surface area contributed by atoms with Crippen molar-refractivity contribution in [3.05, 3.63) is 41.7 Å². The lowest BCUT2D eigenvalue weighted by Gasteiger charge is -2.07. The summed E-state index contributed by atoms with van der Waals surface area (Å²) in [6, 6.07) is 8.22. The molecule has 0 spiro atoms. The molecule has 0 aliphatic heterocycles. The van der Waals surface area contributed by atoms with Crippen LogP contribution in [0, 0.1) is 0 Å². The van der Waals surface area contributed by atoms with Crippen LogP contribution in [-0.2, 0) is 0 Å². The van der Waals surface area contributed by atoms with E-state index in [1.54, 1.807) is 4.68 Å². The quantitative estimate of drug-likeness (QED) is 0.881. The maximum atomic E-state index is 5.77. The monoisotopic (exact) mass is 230 g/mol. The molecule has 0 radical (unpaired) electrons. The van der Waals surface area contributed by atoms with Crippen molar-refractivity contribution in [2.45, 2.75) is 32.7 Å². The summed E-state index contributed by atoms with van der Waals surface area (Å²) in [5.41, 5.74) is 8.89. The van der Waals surface area contributed by atoms with Gasteiger partial charge in [0.1, 0.15) is 0 Å². The lowest BCUT2D eigenvalue weighted by atomic mass is 10.0. The van der Waals surface area contributed by atoms with Gasteiger partial charge in [0.05, 0.1) is 17.6 Å². The first-order chi connectivity index (χ1) is 8.08. The van der Waals surface area contributed by atoms with Gasteiger partial charge in [0.2, 0.25) is 0 Å². The second kappa shape index (κ2) is 4.67. The third-order valence-electron chi connectivity index (χ3n) is 2.78. The first-order valence-electron chi connectivity index (χ1n) is 5.86. The summed E-state index contributed by atoms with van der Waals surface area (Å²) in [4.78, 5) is 0. The van der Waals surface area contributed by atoms with Crippen LogP contribution in [0.15, 0.2) is 30.5 Å². The van der Waals surface area contributed by atoms with Crippen molar-refractivity contribution in [2.75, 3.05) is 0 Å². The predicted octanol–water partition coefficient (Wildman–Crippen LogP) is 2.41. The first-order valence-corrected chi connectivity index (χ1v) is 5.86. The maximum absolute atomic E-state index is 5.77. The average molecular weight is 230 g/mol. The van der Waals surface area contributed by atoms with E-state index in [0.29, 0.717) is 5.92 Å². The van der Waals surface area contributed by atoms with Gasteiger partial charge < -0.3 is 5.73 Å². The van der Waals surface area contributed by atoms with Crippen molar-refractivity contribution in [2.24, 2.45) is 5.73 Å². The number of rotatable bonds is 3. The molecular formula is C13H18N4. The number of aromatic nitrogens is 3. The van der Waals surface area contributed by atoms with Gasteiger partial charge in [-0.3, -0.25) is 0 Å². The van der Waals surface area contributed by atoms with Crippen LogP contribution >= 0.6 is 0 Å². The van der Waals surface area contributed by atoms with E-state index in [4.69, 9.17) is 5.73 Å². The van der Waals surface area contributed by atoms with E-state index >= 15 is 0 Å². The second-order valence-corrected chi connectivity index (χ2v) is 4.63. The highest BCUT2D eigenvalue weighted by molar-refractivity contribution is 5.36. The van der Waals surface area contributed by atoms with Crippen LogP contribution in [0.5, 0.6) is 0 Å². The van der Waals surface area contributed by atoms with Crippen molar-refractivity contribution in [1.82, 2.24) is 15.0 Å². The Morgan fingerprint density at radius 3 is 2.59 bits per heavy atom. The van der Waals surface area contributed by atoms with E-state index in [1.165, 1.54) is 5.56 Å². The molecule has 2 aromatic rings. The molecule has 0 amide bonds. The van der Waals surface area contributed by atoms with Crippen LogP contribution in [0.3, 0.4) is 0 Å². The molecule has 0 aliphatic rings. The van der Waals surface area contributed by atoms with Crippen LogP contribution in [-0.4, -0.2) is 15.0 Å². The number of nitrogens with zero attached hydrogens (tertiary/aromatic N) is 3. The fraction of sp³-hybridized carbons (Fsp3) is 0.385. The molecule has 0 bridgehead atoms. The summed E-state index contributed by atoms with van der Waals surface area (Å²) >= 11 is 0. The van der Waals surface area contributed by atoms with Gasteiger partial charge in [-0.1, -0.05) is 31.2 Å². The third-order valence-corrected chi connectivity index (χ3v) is 2.78. The molecule has 1 aromatic carbocycles. The minimum Gasteiger partial charge on any atom is -0.323 e. The van der Waals surface area contributed by atoms with Crippen LogP contribution in [0.1, 0.15) is 44.0 Å². The SMILES string of the molecule is CC(C)c1cccc(-n2cc(C(C)N)nn2)c1.